The number of hydrogen-bond donors (Lipinski definition) is 0. The topological polar surface area (TPSA) is 94.6 Å². The Hall–Kier alpha value is -3.16. The van der Waals surface area contributed by atoms with Gasteiger partial charge in [0.25, 0.3) is 11.5 Å². The van der Waals surface area contributed by atoms with Crippen LogP contribution in [0.4, 0.5) is 0 Å². The van der Waals surface area contributed by atoms with Crippen LogP contribution in [0.15, 0.2) is 39.8 Å². The van der Waals surface area contributed by atoms with E-state index < -0.39 is 17.6 Å². The fourth-order valence-corrected chi connectivity index (χ4v) is 3.47. The predicted octanol–water partition coefficient (Wildman–Crippen LogP) is 2.72. The molecule has 1 amide bonds. The van der Waals surface area contributed by atoms with Gasteiger partial charge in [0.2, 0.25) is 5.58 Å². The minimum Gasteiger partial charge on any atom is -0.451 e. The van der Waals surface area contributed by atoms with Gasteiger partial charge >= 0.3 is 5.97 Å². The van der Waals surface area contributed by atoms with E-state index in [-0.39, 0.29) is 30.1 Å². The third kappa shape index (κ3) is 4.01. The third-order valence-corrected chi connectivity index (χ3v) is 4.67. The molecule has 0 radical (unpaired) electrons. The summed E-state index contributed by atoms with van der Waals surface area (Å²) in [6.07, 6.45) is 0.334. The van der Waals surface area contributed by atoms with Crippen molar-refractivity contribution in [3.63, 3.8) is 0 Å². The van der Waals surface area contributed by atoms with Gasteiger partial charge in [-0.3, -0.25) is 19.0 Å². The first-order chi connectivity index (χ1) is 13.7. The first-order valence-corrected chi connectivity index (χ1v) is 9.59. The molecule has 3 aromatic rings. The summed E-state index contributed by atoms with van der Waals surface area (Å²) < 4.78 is 12.0. The smallest absolute Gasteiger partial charge is 0.326 e. The number of ether oxygens (including phenoxy) is 1. The lowest BCUT2D eigenvalue weighted by molar-refractivity contribution is -0.161. The zero-order chi connectivity index (χ0) is 21.3. The SMILES string of the molecule is CC(C)N(C(=O)[C@@H](C)OC(=O)Cn1cnc2c(oc3ccccc32)c1=O)C(C)C. The summed E-state index contributed by atoms with van der Waals surface area (Å²) in [5.74, 6) is -0.973. The first kappa shape index (κ1) is 20.6. The summed E-state index contributed by atoms with van der Waals surface area (Å²) in [6, 6.07) is 7.15. The quantitative estimate of drug-likeness (QED) is 0.592. The lowest BCUT2D eigenvalue weighted by atomic mass is 10.2. The van der Waals surface area contributed by atoms with E-state index in [2.05, 4.69) is 4.98 Å². The molecule has 0 saturated heterocycles. The van der Waals surface area contributed by atoms with Crippen LogP contribution in [-0.4, -0.2) is 44.5 Å². The molecule has 0 N–H and O–H groups in total. The lowest BCUT2D eigenvalue weighted by Gasteiger charge is -2.32. The summed E-state index contributed by atoms with van der Waals surface area (Å²) in [5.41, 5.74) is 0.599. The van der Waals surface area contributed by atoms with E-state index in [4.69, 9.17) is 9.15 Å². The molecule has 0 spiro atoms. The first-order valence-electron chi connectivity index (χ1n) is 9.59. The maximum absolute atomic E-state index is 12.7. The average Bonchev–Trinajstić information content (AvgIpc) is 3.03. The Labute approximate surface area is 168 Å². The number of hydrogen-bond acceptors (Lipinski definition) is 6. The number of fused-ring (bicyclic) bond motifs is 3. The molecule has 1 aromatic carbocycles. The van der Waals surface area contributed by atoms with E-state index in [1.165, 1.54) is 13.3 Å². The Balaban J connectivity index is 1.77. The van der Waals surface area contributed by atoms with Gasteiger partial charge in [0.05, 0.1) is 6.33 Å². The largest absolute Gasteiger partial charge is 0.451 e. The number of carbonyl (C=O) groups excluding carboxylic acids is 2. The molecular weight excluding hydrogens is 374 g/mol. The molecule has 3 rings (SSSR count). The third-order valence-electron chi connectivity index (χ3n) is 4.67. The number of para-hydroxylation sites is 1. The minimum atomic E-state index is -0.953. The van der Waals surface area contributed by atoms with Crippen LogP contribution in [0.25, 0.3) is 22.1 Å². The molecule has 0 aliphatic carbocycles. The number of nitrogens with zero attached hydrogens (tertiary/aromatic N) is 3. The van der Waals surface area contributed by atoms with Crippen LogP contribution in [0.5, 0.6) is 0 Å². The van der Waals surface area contributed by atoms with E-state index in [0.29, 0.717) is 11.1 Å². The number of esters is 1. The Morgan fingerprint density at radius 1 is 1.14 bits per heavy atom. The van der Waals surface area contributed by atoms with Crippen LogP contribution in [-0.2, 0) is 20.9 Å². The second-order valence-electron chi connectivity index (χ2n) is 7.52. The molecule has 29 heavy (non-hydrogen) atoms. The lowest BCUT2D eigenvalue weighted by Crippen LogP contribution is -2.47. The number of benzene rings is 1. The second-order valence-corrected chi connectivity index (χ2v) is 7.52. The van der Waals surface area contributed by atoms with Crippen molar-refractivity contribution in [1.29, 1.82) is 0 Å². The van der Waals surface area contributed by atoms with E-state index in [1.54, 1.807) is 17.0 Å². The number of amides is 1. The Bertz CT molecular complexity index is 1100. The van der Waals surface area contributed by atoms with E-state index in [0.717, 1.165) is 9.95 Å². The fourth-order valence-electron chi connectivity index (χ4n) is 3.47. The van der Waals surface area contributed by atoms with Crippen LogP contribution >= 0.6 is 0 Å². The van der Waals surface area contributed by atoms with Crippen molar-refractivity contribution >= 4 is 33.9 Å². The molecule has 0 bridgehead atoms. The van der Waals surface area contributed by atoms with Gasteiger partial charge in [-0.1, -0.05) is 12.1 Å². The van der Waals surface area contributed by atoms with E-state index >= 15 is 0 Å². The number of rotatable bonds is 6. The monoisotopic (exact) mass is 399 g/mol. The Morgan fingerprint density at radius 3 is 2.45 bits per heavy atom. The summed E-state index contributed by atoms with van der Waals surface area (Å²) in [5, 5.41) is 0.732. The van der Waals surface area contributed by atoms with Crippen molar-refractivity contribution in [2.75, 3.05) is 0 Å². The van der Waals surface area contributed by atoms with Crippen LogP contribution in [0.2, 0.25) is 0 Å². The highest BCUT2D eigenvalue weighted by molar-refractivity contribution is 6.01. The van der Waals surface area contributed by atoms with Gasteiger partial charge in [0, 0.05) is 17.5 Å². The number of carbonyl (C=O) groups is 2. The van der Waals surface area contributed by atoms with E-state index in [9.17, 15) is 14.4 Å². The van der Waals surface area contributed by atoms with Crippen molar-refractivity contribution in [3.8, 4) is 0 Å². The molecule has 2 aromatic heterocycles. The highest BCUT2D eigenvalue weighted by Crippen LogP contribution is 2.24. The number of furan rings is 1. The van der Waals surface area contributed by atoms with Crippen molar-refractivity contribution in [2.24, 2.45) is 0 Å². The average molecular weight is 399 g/mol. The van der Waals surface area contributed by atoms with Crippen molar-refractivity contribution in [2.45, 2.75) is 59.4 Å². The second kappa shape index (κ2) is 8.06. The molecule has 2 heterocycles. The molecule has 0 aliphatic rings. The number of aromatic nitrogens is 2. The Morgan fingerprint density at radius 2 is 1.79 bits per heavy atom. The van der Waals surface area contributed by atoms with Crippen molar-refractivity contribution < 1.29 is 18.7 Å². The Kier molecular flexibility index (Phi) is 5.72. The zero-order valence-corrected chi connectivity index (χ0v) is 17.2. The van der Waals surface area contributed by atoms with Gasteiger partial charge in [0.15, 0.2) is 6.10 Å². The van der Waals surface area contributed by atoms with Crippen LogP contribution in [0, 0.1) is 0 Å². The zero-order valence-electron chi connectivity index (χ0n) is 17.2. The molecule has 154 valence electrons. The van der Waals surface area contributed by atoms with Crippen molar-refractivity contribution in [1.82, 2.24) is 14.5 Å². The van der Waals surface area contributed by atoms with Gasteiger partial charge in [-0.05, 0) is 46.8 Å². The molecule has 0 saturated carbocycles. The standard InChI is InChI=1S/C21H25N3O5/c1-12(2)24(13(3)4)20(26)14(5)28-17(25)10-23-11-22-18-15-8-6-7-9-16(15)29-19(18)21(23)27/h6-9,11-14H,10H2,1-5H3/t14-/m1/s1. The van der Waals surface area contributed by atoms with Gasteiger partial charge in [0.1, 0.15) is 17.6 Å². The summed E-state index contributed by atoms with van der Waals surface area (Å²) >= 11 is 0. The maximum atomic E-state index is 12.7. The normalized spacial score (nSPS) is 12.7. The van der Waals surface area contributed by atoms with Crippen LogP contribution < -0.4 is 5.56 Å². The predicted molar refractivity (Wildman–Crippen MR) is 108 cm³/mol. The molecule has 8 heteroatoms. The molecule has 0 fully saturated rings. The molecule has 0 aliphatic heterocycles. The summed E-state index contributed by atoms with van der Waals surface area (Å²) in [7, 11) is 0. The van der Waals surface area contributed by atoms with Gasteiger partial charge in [-0.15, -0.1) is 0 Å². The highest BCUT2D eigenvalue weighted by atomic mass is 16.5. The molecule has 0 unspecified atom stereocenters. The highest BCUT2D eigenvalue weighted by Gasteiger charge is 2.28. The van der Waals surface area contributed by atoms with Crippen LogP contribution in [0.3, 0.4) is 0 Å². The van der Waals surface area contributed by atoms with Gasteiger partial charge < -0.3 is 14.1 Å². The van der Waals surface area contributed by atoms with Crippen molar-refractivity contribution in [3.05, 3.63) is 40.9 Å². The molecule has 8 nitrogen and oxygen atoms in total. The van der Waals surface area contributed by atoms with Gasteiger partial charge in [-0.2, -0.15) is 0 Å². The van der Waals surface area contributed by atoms with Crippen LogP contribution in [0.1, 0.15) is 34.6 Å². The van der Waals surface area contributed by atoms with E-state index in [1.807, 2.05) is 39.8 Å². The molecule has 1 atom stereocenters. The fraction of sp³-hybridized carbons (Fsp3) is 0.429. The minimum absolute atomic E-state index is 0.0223. The summed E-state index contributed by atoms with van der Waals surface area (Å²) in [4.78, 5) is 43.6. The summed E-state index contributed by atoms with van der Waals surface area (Å²) in [6.45, 7) is 8.78. The van der Waals surface area contributed by atoms with Gasteiger partial charge in [-0.25, -0.2) is 4.98 Å². The maximum Gasteiger partial charge on any atom is 0.326 e. The molecular formula is C21H25N3O5.